The van der Waals surface area contributed by atoms with E-state index < -0.39 is 0 Å². The van der Waals surface area contributed by atoms with Gasteiger partial charge in [-0.2, -0.15) is 0 Å². The second kappa shape index (κ2) is 9.80. The van der Waals surface area contributed by atoms with E-state index in [2.05, 4.69) is 46.6 Å². The largest absolute Gasteiger partial charge is 0.496 e. The molecule has 0 spiro atoms. The van der Waals surface area contributed by atoms with E-state index in [1.807, 2.05) is 7.11 Å². The van der Waals surface area contributed by atoms with E-state index in [-0.39, 0.29) is 24.8 Å². The van der Waals surface area contributed by atoms with Crippen molar-refractivity contribution in [3.05, 3.63) is 42.0 Å². The van der Waals surface area contributed by atoms with Crippen LogP contribution >= 0.6 is 24.8 Å². The molecule has 0 amide bonds. The molecule has 0 unspecified atom stereocenters. The molecule has 2 aromatic carbocycles. The molecule has 0 bridgehead atoms. The van der Waals surface area contributed by atoms with Crippen LogP contribution < -0.4 is 10.1 Å². The van der Waals surface area contributed by atoms with Gasteiger partial charge in [-0.05, 0) is 35.6 Å². The van der Waals surface area contributed by atoms with E-state index >= 15 is 0 Å². The first-order chi connectivity index (χ1) is 11.9. The molecule has 1 heterocycles. The minimum Gasteiger partial charge on any atom is -0.496 e. The molecule has 2 aromatic rings. The molecule has 0 radical (unpaired) electrons. The average molecular weight is 397 g/mol. The highest BCUT2D eigenvalue weighted by atomic mass is 35.5. The summed E-state index contributed by atoms with van der Waals surface area (Å²) in [6, 6.07) is 13.6. The summed E-state index contributed by atoms with van der Waals surface area (Å²) in [5.74, 6) is 1.81. The number of piperazine rings is 1. The Balaban J connectivity index is 0.00000121. The quantitative estimate of drug-likeness (QED) is 0.800. The van der Waals surface area contributed by atoms with Crippen molar-refractivity contribution in [2.75, 3.05) is 33.3 Å². The van der Waals surface area contributed by atoms with E-state index in [1.54, 1.807) is 0 Å². The van der Waals surface area contributed by atoms with Crippen molar-refractivity contribution in [3.8, 4) is 5.75 Å². The van der Waals surface area contributed by atoms with Crippen molar-refractivity contribution in [2.45, 2.75) is 31.7 Å². The summed E-state index contributed by atoms with van der Waals surface area (Å²) in [6.45, 7) is 4.45. The summed E-state index contributed by atoms with van der Waals surface area (Å²) in [5.41, 5.74) is 1.42. The maximum absolute atomic E-state index is 5.84. The summed E-state index contributed by atoms with van der Waals surface area (Å²) in [6.07, 6.45) is 5.45. The minimum atomic E-state index is 0. The molecule has 1 aliphatic heterocycles. The Hall–Kier alpha value is -1.00. The van der Waals surface area contributed by atoms with Gasteiger partial charge in [0.25, 0.3) is 0 Å². The molecule has 2 fully saturated rings. The van der Waals surface area contributed by atoms with Gasteiger partial charge in [-0.25, -0.2) is 0 Å². The van der Waals surface area contributed by atoms with E-state index in [0.29, 0.717) is 6.04 Å². The third-order valence-electron chi connectivity index (χ3n) is 5.84. The fraction of sp³-hybridized carbons (Fsp3) is 0.524. The van der Waals surface area contributed by atoms with Crippen molar-refractivity contribution in [1.82, 2.24) is 10.2 Å². The van der Waals surface area contributed by atoms with Gasteiger partial charge in [-0.3, -0.25) is 4.90 Å². The average Bonchev–Trinajstić information content (AvgIpc) is 3.17. The Bertz CT molecular complexity index is 697. The number of rotatable bonds is 4. The zero-order valence-corrected chi connectivity index (χ0v) is 17.1. The highest BCUT2D eigenvalue weighted by Gasteiger charge is 2.34. The van der Waals surface area contributed by atoms with Crippen molar-refractivity contribution >= 4 is 35.6 Å². The Labute approximate surface area is 169 Å². The van der Waals surface area contributed by atoms with Crippen LogP contribution in [0.25, 0.3) is 10.8 Å². The van der Waals surface area contributed by atoms with E-state index in [9.17, 15) is 0 Å². The zero-order chi connectivity index (χ0) is 16.4. The lowest BCUT2D eigenvalue weighted by atomic mass is 9.86. The first-order valence-corrected chi connectivity index (χ1v) is 9.39. The molecule has 144 valence electrons. The van der Waals surface area contributed by atoms with E-state index in [0.717, 1.165) is 37.8 Å². The molecular formula is C21H30Cl2N2O. The number of hydrogen-bond donors (Lipinski definition) is 1. The van der Waals surface area contributed by atoms with Crippen LogP contribution in [0.2, 0.25) is 0 Å². The van der Waals surface area contributed by atoms with E-state index in [4.69, 9.17) is 4.74 Å². The Morgan fingerprint density at radius 2 is 1.69 bits per heavy atom. The molecule has 26 heavy (non-hydrogen) atoms. The van der Waals surface area contributed by atoms with Gasteiger partial charge in [0.1, 0.15) is 5.75 Å². The number of fused-ring (bicyclic) bond motifs is 1. The van der Waals surface area contributed by atoms with Gasteiger partial charge in [-0.1, -0.05) is 43.2 Å². The fourth-order valence-corrected chi connectivity index (χ4v) is 4.71. The molecule has 1 N–H and O–H groups in total. The van der Waals surface area contributed by atoms with Crippen molar-refractivity contribution in [2.24, 2.45) is 5.92 Å². The lowest BCUT2D eigenvalue weighted by Gasteiger charge is -2.39. The molecule has 1 saturated heterocycles. The third kappa shape index (κ3) is 4.12. The lowest BCUT2D eigenvalue weighted by molar-refractivity contribution is 0.124. The SMILES string of the molecule is COc1ccc2ccccc2c1[C@@H](C1CCCC1)N1CCNCC1.Cl.Cl. The van der Waals surface area contributed by atoms with Gasteiger partial charge in [-0.15, -0.1) is 24.8 Å². The van der Waals surface area contributed by atoms with Crippen molar-refractivity contribution in [1.29, 1.82) is 0 Å². The van der Waals surface area contributed by atoms with Crippen molar-refractivity contribution < 1.29 is 4.74 Å². The number of nitrogens with one attached hydrogen (secondary N) is 1. The van der Waals surface area contributed by atoms with Crippen molar-refractivity contribution in [3.63, 3.8) is 0 Å². The highest BCUT2D eigenvalue weighted by molar-refractivity contribution is 5.88. The summed E-state index contributed by atoms with van der Waals surface area (Å²) in [7, 11) is 1.82. The normalized spacial score (nSPS) is 19.6. The maximum atomic E-state index is 5.84. The van der Waals surface area contributed by atoms with Crippen LogP contribution in [0.3, 0.4) is 0 Å². The number of ether oxygens (including phenoxy) is 1. The van der Waals surface area contributed by atoms with Gasteiger partial charge in [0.15, 0.2) is 0 Å². The molecule has 1 aliphatic carbocycles. The molecule has 4 rings (SSSR count). The summed E-state index contributed by atoms with van der Waals surface area (Å²) >= 11 is 0. The van der Waals surface area contributed by atoms with Gasteiger partial charge in [0.2, 0.25) is 0 Å². The number of hydrogen-bond acceptors (Lipinski definition) is 3. The monoisotopic (exact) mass is 396 g/mol. The van der Waals surface area contributed by atoms with Crippen LogP contribution in [-0.4, -0.2) is 38.2 Å². The molecule has 1 saturated carbocycles. The van der Waals surface area contributed by atoms with Gasteiger partial charge >= 0.3 is 0 Å². The smallest absolute Gasteiger partial charge is 0.124 e. The molecule has 3 nitrogen and oxygen atoms in total. The molecule has 0 aromatic heterocycles. The van der Waals surface area contributed by atoms with Crippen LogP contribution in [-0.2, 0) is 0 Å². The van der Waals surface area contributed by atoms with Gasteiger partial charge < -0.3 is 10.1 Å². The van der Waals surface area contributed by atoms with E-state index in [1.165, 1.54) is 42.0 Å². The molecular weight excluding hydrogens is 367 g/mol. The lowest BCUT2D eigenvalue weighted by Crippen LogP contribution is -2.46. The van der Waals surface area contributed by atoms with Crippen LogP contribution in [0.1, 0.15) is 37.3 Å². The Kier molecular flexibility index (Phi) is 8.03. The standard InChI is InChI=1S/C21H28N2O.2ClH/c1-24-19-11-10-16-6-4-5-9-18(16)20(19)21(17-7-2-3-8-17)23-14-12-22-13-15-23;;/h4-6,9-11,17,21-22H,2-3,7-8,12-15H2,1H3;2*1H/t21-;;/m1../s1. The van der Waals surface area contributed by atoms with Crippen LogP contribution in [0.4, 0.5) is 0 Å². The molecule has 1 atom stereocenters. The minimum absolute atomic E-state index is 0. The second-order valence-corrected chi connectivity index (χ2v) is 7.18. The highest BCUT2D eigenvalue weighted by Crippen LogP contribution is 2.45. The number of methoxy groups -OCH3 is 1. The van der Waals surface area contributed by atoms with Crippen LogP contribution in [0.5, 0.6) is 5.75 Å². The number of benzene rings is 2. The Morgan fingerprint density at radius 1 is 1.00 bits per heavy atom. The first kappa shape index (κ1) is 21.3. The number of nitrogens with zero attached hydrogens (tertiary/aromatic N) is 1. The predicted molar refractivity (Wildman–Crippen MR) is 114 cm³/mol. The van der Waals surface area contributed by atoms with Gasteiger partial charge in [0, 0.05) is 37.8 Å². The summed E-state index contributed by atoms with van der Waals surface area (Å²) in [4.78, 5) is 2.71. The zero-order valence-electron chi connectivity index (χ0n) is 15.4. The second-order valence-electron chi connectivity index (χ2n) is 7.18. The van der Waals surface area contributed by atoms with Crippen LogP contribution in [0, 0.1) is 5.92 Å². The summed E-state index contributed by atoms with van der Waals surface area (Å²) < 4.78 is 5.84. The topological polar surface area (TPSA) is 24.5 Å². The third-order valence-corrected chi connectivity index (χ3v) is 5.84. The first-order valence-electron chi connectivity index (χ1n) is 9.39. The van der Waals surface area contributed by atoms with Crippen LogP contribution in [0.15, 0.2) is 36.4 Å². The Morgan fingerprint density at radius 3 is 2.38 bits per heavy atom. The summed E-state index contributed by atoms with van der Waals surface area (Å²) in [5, 5.41) is 6.20. The molecule has 2 aliphatic rings. The predicted octanol–water partition coefficient (Wildman–Crippen LogP) is 4.83. The maximum Gasteiger partial charge on any atom is 0.124 e. The van der Waals surface area contributed by atoms with Gasteiger partial charge in [0.05, 0.1) is 7.11 Å². The molecule has 5 heteroatoms. The number of halogens is 2. The fourth-order valence-electron chi connectivity index (χ4n) is 4.71.